The second-order valence-corrected chi connectivity index (χ2v) is 7.00. The molecule has 1 N–H and O–H groups in total. The molecule has 0 bridgehead atoms. The Hall–Kier alpha value is -3.41. The summed E-state index contributed by atoms with van der Waals surface area (Å²) < 4.78 is 5.25. The number of aromatic nitrogens is 2. The van der Waals surface area contributed by atoms with Crippen LogP contribution in [0.1, 0.15) is 28.0 Å². The van der Waals surface area contributed by atoms with E-state index in [9.17, 15) is 4.79 Å². The van der Waals surface area contributed by atoms with E-state index in [4.69, 9.17) is 4.74 Å². The van der Waals surface area contributed by atoms with Gasteiger partial charge < -0.3 is 15.0 Å². The maximum absolute atomic E-state index is 12.9. The van der Waals surface area contributed by atoms with Crippen LogP contribution in [0.4, 0.5) is 11.5 Å². The van der Waals surface area contributed by atoms with Crippen LogP contribution in [0.25, 0.3) is 0 Å². The van der Waals surface area contributed by atoms with Crippen molar-refractivity contribution in [2.45, 2.75) is 19.3 Å². The van der Waals surface area contributed by atoms with Crippen molar-refractivity contribution in [2.24, 2.45) is 0 Å². The molecule has 29 heavy (non-hydrogen) atoms. The van der Waals surface area contributed by atoms with Crippen LogP contribution in [-0.4, -0.2) is 36.1 Å². The molecule has 1 aliphatic rings. The Morgan fingerprint density at radius 2 is 2.03 bits per heavy atom. The molecule has 2 heterocycles. The van der Waals surface area contributed by atoms with Crippen LogP contribution in [0.2, 0.25) is 0 Å². The summed E-state index contributed by atoms with van der Waals surface area (Å²) in [6.07, 6.45) is 5.97. The van der Waals surface area contributed by atoms with Gasteiger partial charge in [-0.2, -0.15) is 0 Å². The number of fused-ring (bicyclic) bond motifs is 1. The number of benzene rings is 2. The van der Waals surface area contributed by atoms with Gasteiger partial charge in [0.2, 0.25) is 0 Å². The van der Waals surface area contributed by atoms with Gasteiger partial charge in [0.05, 0.1) is 19.5 Å². The summed E-state index contributed by atoms with van der Waals surface area (Å²) in [7, 11) is 1.66. The summed E-state index contributed by atoms with van der Waals surface area (Å²) in [5.74, 6) is 1.40. The second kappa shape index (κ2) is 8.73. The van der Waals surface area contributed by atoms with E-state index >= 15 is 0 Å². The average Bonchev–Trinajstić information content (AvgIpc) is 2.79. The third kappa shape index (κ3) is 4.37. The average molecular weight is 388 g/mol. The maximum Gasteiger partial charge on any atom is 0.278 e. The van der Waals surface area contributed by atoms with Gasteiger partial charge in [-0.15, -0.1) is 0 Å². The Balaban J connectivity index is 1.37. The van der Waals surface area contributed by atoms with Crippen LogP contribution >= 0.6 is 0 Å². The third-order valence-corrected chi connectivity index (χ3v) is 5.08. The number of anilines is 2. The zero-order valence-electron chi connectivity index (χ0n) is 16.5. The molecule has 0 unspecified atom stereocenters. The van der Waals surface area contributed by atoms with Crippen LogP contribution in [0.15, 0.2) is 60.9 Å². The van der Waals surface area contributed by atoms with Crippen LogP contribution in [-0.2, 0) is 12.8 Å². The Morgan fingerprint density at radius 1 is 1.14 bits per heavy atom. The number of rotatable bonds is 6. The van der Waals surface area contributed by atoms with Gasteiger partial charge in [-0.05, 0) is 48.6 Å². The number of para-hydroxylation sites is 1. The van der Waals surface area contributed by atoms with E-state index in [1.54, 1.807) is 24.4 Å². The first-order chi connectivity index (χ1) is 14.2. The Bertz CT molecular complexity index is 988. The first-order valence-corrected chi connectivity index (χ1v) is 9.83. The number of ether oxygens (including phenoxy) is 1. The highest BCUT2D eigenvalue weighted by Gasteiger charge is 2.24. The molecular weight excluding hydrogens is 364 g/mol. The molecule has 0 radical (unpaired) electrons. The summed E-state index contributed by atoms with van der Waals surface area (Å²) in [5.41, 5.74) is 3.72. The van der Waals surface area contributed by atoms with Crippen molar-refractivity contribution >= 4 is 17.4 Å². The minimum absolute atomic E-state index is 0.104. The minimum atomic E-state index is -0.104. The zero-order chi connectivity index (χ0) is 20.1. The van der Waals surface area contributed by atoms with E-state index in [-0.39, 0.29) is 5.91 Å². The summed E-state index contributed by atoms with van der Waals surface area (Å²) >= 11 is 0. The number of methoxy groups -OCH3 is 1. The van der Waals surface area contributed by atoms with Gasteiger partial charge in [-0.25, -0.2) is 9.97 Å². The highest BCUT2D eigenvalue weighted by atomic mass is 16.5. The molecule has 3 aromatic rings. The lowest BCUT2D eigenvalue weighted by atomic mass is 10.0. The quantitative estimate of drug-likeness (QED) is 0.697. The molecule has 1 aromatic heterocycles. The number of carbonyl (C=O) groups is 1. The standard InChI is InChI=1S/C23H24N4O2/c1-29-19-9-4-6-17(14-19)11-12-24-22-16-25-20(15-26-22)23(28)27-13-5-8-18-7-2-3-10-21(18)27/h2-4,6-7,9-10,14-16H,5,8,11-13H2,1H3,(H,24,26). The number of amides is 1. The smallest absolute Gasteiger partial charge is 0.278 e. The maximum atomic E-state index is 12.9. The van der Waals surface area contributed by atoms with E-state index in [1.807, 2.05) is 36.4 Å². The largest absolute Gasteiger partial charge is 0.497 e. The number of aryl methyl sites for hydroxylation is 1. The van der Waals surface area contributed by atoms with Crippen LogP contribution < -0.4 is 15.0 Å². The minimum Gasteiger partial charge on any atom is -0.497 e. The van der Waals surface area contributed by atoms with Crippen molar-refractivity contribution in [3.8, 4) is 5.75 Å². The molecule has 6 nitrogen and oxygen atoms in total. The van der Waals surface area contributed by atoms with Crippen molar-refractivity contribution in [3.63, 3.8) is 0 Å². The fourth-order valence-electron chi connectivity index (χ4n) is 3.58. The van der Waals surface area contributed by atoms with Gasteiger partial charge in [0.15, 0.2) is 0 Å². The van der Waals surface area contributed by atoms with Crippen molar-refractivity contribution < 1.29 is 9.53 Å². The highest BCUT2D eigenvalue weighted by Crippen LogP contribution is 2.27. The third-order valence-electron chi connectivity index (χ3n) is 5.08. The highest BCUT2D eigenvalue weighted by molar-refractivity contribution is 6.05. The van der Waals surface area contributed by atoms with Gasteiger partial charge in [0.25, 0.3) is 5.91 Å². The molecule has 0 atom stereocenters. The Labute approximate surface area is 170 Å². The first-order valence-electron chi connectivity index (χ1n) is 9.83. The zero-order valence-corrected chi connectivity index (χ0v) is 16.5. The number of hydrogen-bond donors (Lipinski definition) is 1. The molecule has 0 aliphatic carbocycles. The molecule has 0 fully saturated rings. The molecule has 0 saturated heterocycles. The second-order valence-electron chi connectivity index (χ2n) is 7.00. The molecule has 0 spiro atoms. The van der Waals surface area contributed by atoms with Gasteiger partial charge in [0, 0.05) is 18.8 Å². The fraction of sp³-hybridized carbons (Fsp3) is 0.261. The lowest BCUT2D eigenvalue weighted by molar-refractivity contribution is 0.0980. The molecule has 1 amide bonds. The molecule has 148 valence electrons. The van der Waals surface area contributed by atoms with Crippen molar-refractivity contribution in [1.82, 2.24) is 9.97 Å². The normalized spacial score (nSPS) is 12.9. The lowest BCUT2D eigenvalue weighted by Crippen LogP contribution is -2.36. The van der Waals surface area contributed by atoms with E-state index in [0.29, 0.717) is 24.6 Å². The van der Waals surface area contributed by atoms with E-state index in [2.05, 4.69) is 27.4 Å². The molecular formula is C23H24N4O2. The van der Waals surface area contributed by atoms with Gasteiger partial charge in [-0.3, -0.25) is 4.79 Å². The van der Waals surface area contributed by atoms with Crippen molar-refractivity contribution in [2.75, 3.05) is 30.4 Å². The summed E-state index contributed by atoms with van der Waals surface area (Å²) in [6.45, 7) is 1.42. The van der Waals surface area contributed by atoms with E-state index in [0.717, 1.165) is 30.7 Å². The molecule has 6 heteroatoms. The van der Waals surface area contributed by atoms with Crippen molar-refractivity contribution in [3.05, 3.63) is 77.7 Å². The van der Waals surface area contributed by atoms with Crippen LogP contribution in [0.3, 0.4) is 0 Å². The molecule has 1 aliphatic heterocycles. The molecule has 4 rings (SSSR count). The van der Waals surface area contributed by atoms with E-state index in [1.165, 1.54) is 11.1 Å². The monoisotopic (exact) mass is 388 g/mol. The SMILES string of the molecule is COc1cccc(CCNc2cnc(C(=O)N3CCCc4ccccc43)cn2)c1. The number of carbonyl (C=O) groups excluding carboxylic acids is 1. The number of nitrogens with one attached hydrogen (secondary N) is 1. The van der Waals surface area contributed by atoms with Crippen molar-refractivity contribution in [1.29, 1.82) is 0 Å². The predicted octanol–water partition coefficient (Wildman–Crippen LogP) is 3.73. The van der Waals surface area contributed by atoms with Gasteiger partial charge in [0.1, 0.15) is 17.3 Å². The Kier molecular flexibility index (Phi) is 5.70. The van der Waals surface area contributed by atoms with Gasteiger partial charge in [-0.1, -0.05) is 30.3 Å². The summed E-state index contributed by atoms with van der Waals surface area (Å²) in [6, 6.07) is 16.0. The summed E-state index contributed by atoms with van der Waals surface area (Å²) in [4.78, 5) is 23.4. The Morgan fingerprint density at radius 3 is 2.86 bits per heavy atom. The predicted molar refractivity (Wildman–Crippen MR) is 114 cm³/mol. The fourth-order valence-corrected chi connectivity index (χ4v) is 3.58. The number of nitrogens with zero attached hydrogens (tertiary/aromatic N) is 3. The molecule has 2 aromatic carbocycles. The van der Waals surface area contributed by atoms with Crippen LogP contribution in [0, 0.1) is 0 Å². The lowest BCUT2D eigenvalue weighted by Gasteiger charge is -2.29. The number of hydrogen-bond acceptors (Lipinski definition) is 5. The van der Waals surface area contributed by atoms with Crippen LogP contribution in [0.5, 0.6) is 5.75 Å². The molecule has 0 saturated carbocycles. The van der Waals surface area contributed by atoms with Gasteiger partial charge >= 0.3 is 0 Å². The topological polar surface area (TPSA) is 67.3 Å². The summed E-state index contributed by atoms with van der Waals surface area (Å²) in [5, 5.41) is 3.25. The van der Waals surface area contributed by atoms with E-state index < -0.39 is 0 Å². The first kappa shape index (κ1) is 18.9.